The minimum absolute atomic E-state index is 0.00989. The van der Waals surface area contributed by atoms with E-state index in [0.29, 0.717) is 69.4 Å². The highest BCUT2D eigenvalue weighted by Crippen LogP contribution is 2.32. The minimum Gasteiger partial charge on any atom is -0.379 e. The second-order valence-electron chi connectivity index (χ2n) is 12.8. The number of sulfone groups is 1. The van der Waals surface area contributed by atoms with E-state index < -0.39 is 21.1 Å². The van der Waals surface area contributed by atoms with Crippen LogP contribution in [-0.2, 0) is 56.0 Å². The van der Waals surface area contributed by atoms with Crippen LogP contribution >= 0.6 is 0 Å². The normalized spacial score (nSPS) is 17.5. The largest absolute Gasteiger partial charge is 0.379 e. The zero-order valence-corrected chi connectivity index (χ0v) is 28.6. The number of aryl methyl sites for hydroxylation is 1. The summed E-state index contributed by atoms with van der Waals surface area (Å²) < 4.78 is 40.3. The molecule has 2 saturated heterocycles. The van der Waals surface area contributed by atoms with Crippen LogP contribution in [0.15, 0.2) is 32.9 Å². The highest BCUT2D eigenvalue weighted by Gasteiger charge is 2.33. The number of benzene rings is 1. The Hall–Kier alpha value is -4.14. The number of morpholine rings is 2. The second-order valence-corrected chi connectivity index (χ2v) is 14.8. The number of fused-ring (bicyclic) bond motifs is 1. The third kappa shape index (κ3) is 8.36. The third-order valence-corrected chi connectivity index (χ3v) is 10.7. The number of aromatic nitrogens is 4. The van der Waals surface area contributed by atoms with Crippen molar-refractivity contribution in [1.29, 1.82) is 0 Å². The Morgan fingerprint density at radius 1 is 0.939 bits per heavy atom. The first kappa shape index (κ1) is 34.7. The van der Waals surface area contributed by atoms with Crippen molar-refractivity contribution in [3.05, 3.63) is 50.2 Å². The quantitative estimate of drug-likeness (QED) is 0.254. The van der Waals surface area contributed by atoms with Gasteiger partial charge in [-0.1, -0.05) is 11.8 Å². The van der Waals surface area contributed by atoms with Gasteiger partial charge in [0.25, 0.3) is 5.56 Å². The summed E-state index contributed by atoms with van der Waals surface area (Å²) in [6.07, 6.45) is 1.79. The summed E-state index contributed by atoms with van der Waals surface area (Å²) in [6.45, 7) is 5.25. The Morgan fingerprint density at radius 3 is 2.24 bits per heavy atom. The van der Waals surface area contributed by atoms with Crippen LogP contribution in [0.5, 0.6) is 0 Å². The van der Waals surface area contributed by atoms with Crippen molar-refractivity contribution in [3.63, 3.8) is 0 Å². The maximum Gasteiger partial charge on any atom is 0.333 e. The van der Waals surface area contributed by atoms with E-state index in [1.807, 2.05) is 9.80 Å². The fourth-order valence-electron chi connectivity index (χ4n) is 6.11. The predicted molar refractivity (Wildman–Crippen MR) is 180 cm³/mol. The lowest BCUT2D eigenvalue weighted by Crippen LogP contribution is -2.41. The topological polar surface area (TPSA) is 167 Å². The van der Waals surface area contributed by atoms with E-state index in [0.717, 1.165) is 17.4 Å². The van der Waals surface area contributed by atoms with Crippen LogP contribution in [-0.4, -0.2) is 120 Å². The first-order valence-electron chi connectivity index (χ1n) is 16.4. The number of nitrogens with one attached hydrogen (secondary N) is 1. The molecule has 262 valence electrons. The maximum atomic E-state index is 13.2. The van der Waals surface area contributed by atoms with Crippen molar-refractivity contribution in [3.8, 4) is 11.8 Å². The molecule has 0 atom stereocenters. The fraction of sp³-hybridized carbons (Fsp3) is 0.545. The Morgan fingerprint density at radius 2 is 1.59 bits per heavy atom. The molecule has 6 rings (SSSR count). The summed E-state index contributed by atoms with van der Waals surface area (Å²) in [7, 11) is -1.01. The molecular formula is C33H41N7O8S. The fourth-order valence-corrected chi connectivity index (χ4v) is 7.95. The van der Waals surface area contributed by atoms with Gasteiger partial charge in [0.2, 0.25) is 20.9 Å². The standard InChI is InChI=1S/C33H41N7O8S/c1-36-29-30(35-32(36)49(45,46)22-23-5-6-23)40(33(44)37(2)31(29)43)7-3-4-24-16-25(19-27(41)20-38-8-12-47-13-9-38)18-26(17-24)34-28(42)21-39-10-14-48-15-11-39/h16-18,23H,5-15,19-22H2,1-2H3,(H,34,42). The molecule has 1 aromatic carbocycles. The highest BCUT2D eigenvalue weighted by molar-refractivity contribution is 7.91. The molecule has 1 aliphatic carbocycles. The van der Waals surface area contributed by atoms with Crippen molar-refractivity contribution in [2.24, 2.45) is 20.0 Å². The van der Waals surface area contributed by atoms with Crippen LogP contribution in [0, 0.1) is 17.8 Å². The number of rotatable bonds is 11. The van der Waals surface area contributed by atoms with Crippen molar-refractivity contribution in [2.45, 2.75) is 31.0 Å². The van der Waals surface area contributed by atoms with Gasteiger partial charge in [0.05, 0.1) is 51.8 Å². The third-order valence-electron chi connectivity index (χ3n) is 8.87. The molecule has 2 aliphatic heterocycles. The molecule has 15 nitrogen and oxygen atoms in total. The van der Waals surface area contributed by atoms with Crippen molar-refractivity contribution in [1.82, 2.24) is 28.5 Å². The van der Waals surface area contributed by atoms with Crippen molar-refractivity contribution >= 4 is 38.4 Å². The van der Waals surface area contributed by atoms with Crippen LogP contribution in [0.2, 0.25) is 0 Å². The molecule has 4 heterocycles. The van der Waals surface area contributed by atoms with E-state index in [2.05, 4.69) is 22.1 Å². The summed E-state index contributed by atoms with van der Waals surface area (Å²) >= 11 is 0. The van der Waals surface area contributed by atoms with Gasteiger partial charge in [0.1, 0.15) is 0 Å². The molecule has 1 N–H and O–H groups in total. The zero-order chi connectivity index (χ0) is 34.7. The number of carbonyl (C=O) groups is 2. The molecule has 1 amide bonds. The summed E-state index contributed by atoms with van der Waals surface area (Å²) in [6, 6.07) is 5.23. The van der Waals surface area contributed by atoms with Crippen LogP contribution < -0.4 is 16.6 Å². The molecule has 16 heteroatoms. The summed E-state index contributed by atoms with van der Waals surface area (Å²) in [5.41, 5.74) is 0.247. The maximum absolute atomic E-state index is 13.2. The molecule has 2 aromatic heterocycles. The number of Topliss-reactive ketones (excluding diaryl/α,β-unsaturated/α-hetero) is 1. The van der Waals surface area contributed by atoms with Gasteiger partial charge in [-0.15, -0.1) is 0 Å². The average molecular weight is 696 g/mol. The molecule has 0 radical (unpaired) electrons. The van der Waals surface area contributed by atoms with Crippen molar-refractivity contribution in [2.75, 3.05) is 76.8 Å². The summed E-state index contributed by atoms with van der Waals surface area (Å²) in [5, 5.41) is 2.67. The van der Waals surface area contributed by atoms with Crippen LogP contribution in [0.25, 0.3) is 11.2 Å². The van der Waals surface area contributed by atoms with Gasteiger partial charge in [0, 0.05) is 57.9 Å². The number of ketones is 1. The highest BCUT2D eigenvalue weighted by atomic mass is 32.2. The van der Waals surface area contributed by atoms with E-state index in [9.17, 15) is 27.6 Å². The SMILES string of the molecule is Cn1c(=O)c2c(nc(S(=O)(=O)CC3CC3)n2C)n(CC#Cc2cc(CC(=O)CN3CCOCC3)cc(NC(=O)CN3CCOCC3)c2)c1=O. The zero-order valence-electron chi connectivity index (χ0n) is 27.8. The Balaban J connectivity index is 1.28. The van der Waals surface area contributed by atoms with E-state index in [1.54, 1.807) is 18.2 Å². The minimum atomic E-state index is -3.79. The van der Waals surface area contributed by atoms with Crippen LogP contribution in [0.3, 0.4) is 0 Å². The van der Waals surface area contributed by atoms with Gasteiger partial charge in [-0.05, 0) is 42.5 Å². The van der Waals surface area contributed by atoms with E-state index in [1.165, 1.54) is 23.2 Å². The number of imidazole rings is 1. The number of anilines is 1. The summed E-state index contributed by atoms with van der Waals surface area (Å²) in [4.78, 5) is 60.6. The second kappa shape index (κ2) is 14.8. The molecule has 0 bridgehead atoms. The summed E-state index contributed by atoms with van der Waals surface area (Å²) in [5.74, 6) is 5.80. The molecule has 3 fully saturated rings. The predicted octanol–water partition coefficient (Wildman–Crippen LogP) is -0.616. The van der Waals surface area contributed by atoms with Gasteiger partial charge in [-0.3, -0.25) is 33.3 Å². The number of ether oxygens (including phenoxy) is 2. The lowest BCUT2D eigenvalue weighted by atomic mass is 10.0. The molecular weight excluding hydrogens is 654 g/mol. The smallest absolute Gasteiger partial charge is 0.333 e. The van der Waals surface area contributed by atoms with Gasteiger partial charge in [-0.25, -0.2) is 13.2 Å². The Bertz CT molecular complexity index is 1990. The number of hydrogen-bond acceptors (Lipinski definition) is 11. The van der Waals surface area contributed by atoms with Gasteiger partial charge >= 0.3 is 5.69 Å². The van der Waals surface area contributed by atoms with Crippen LogP contribution in [0.4, 0.5) is 5.69 Å². The van der Waals surface area contributed by atoms with Crippen LogP contribution in [0.1, 0.15) is 24.0 Å². The number of hydrogen-bond donors (Lipinski definition) is 1. The van der Waals surface area contributed by atoms with E-state index in [4.69, 9.17) is 9.47 Å². The molecule has 1 saturated carbocycles. The monoisotopic (exact) mass is 695 g/mol. The first-order valence-corrected chi connectivity index (χ1v) is 18.1. The Labute approximate surface area is 283 Å². The number of carbonyl (C=O) groups excluding carboxylic acids is 2. The molecule has 0 spiro atoms. The molecule has 3 aromatic rings. The lowest BCUT2D eigenvalue weighted by Gasteiger charge is -2.26. The van der Waals surface area contributed by atoms with E-state index in [-0.39, 0.29) is 65.7 Å². The average Bonchev–Trinajstić information content (AvgIpc) is 3.80. The Kier molecular flexibility index (Phi) is 10.5. The number of nitrogens with zero attached hydrogens (tertiary/aromatic N) is 6. The van der Waals surface area contributed by atoms with Gasteiger partial charge < -0.3 is 19.4 Å². The van der Waals surface area contributed by atoms with Gasteiger partial charge in [0.15, 0.2) is 16.9 Å². The molecule has 0 unspecified atom stereocenters. The molecule has 49 heavy (non-hydrogen) atoms. The first-order chi connectivity index (χ1) is 23.5. The van der Waals surface area contributed by atoms with Crippen molar-refractivity contribution < 1.29 is 27.5 Å². The van der Waals surface area contributed by atoms with E-state index >= 15 is 0 Å². The van der Waals surface area contributed by atoms with Gasteiger partial charge in [-0.2, -0.15) is 4.98 Å². The lowest BCUT2D eigenvalue weighted by molar-refractivity contribution is -0.120. The molecule has 3 aliphatic rings. The number of amides is 1.